The molecule has 0 fully saturated rings. The summed E-state index contributed by atoms with van der Waals surface area (Å²) in [6.45, 7) is 5.17. The summed E-state index contributed by atoms with van der Waals surface area (Å²) in [4.78, 5) is 30.2. The molecule has 6 heteroatoms. The van der Waals surface area contributed by atoms with Gasteiger partial charge in [-0.2, -0.15) is 0 Å². The SMILES string of the molecule is CCCNC(=O)C[C@H]1Sc2ncccc2N(CC)C1=O. The highest BCUT2D eigenvalue weighted by atomic mass is 32.2. The van der Waals surface area contributed by atoms with Crippen LogP contribution in [0.5, 0.6) is 0 Å². The van der Waals surface area contributed by atoms with Gasteiger partial charge in [0.05, 0.1) is 10.9 Å². The standard InChI is InChI=1S/C14H19N3O2S/c1-3-7-15-12(18)9-11-14(19)17(4-2)10-6-5-8-16-13(10)20-11/h5-6,8,11H,3-4,7,9H2,1-2H3,(H,15,18)/t11-/m1/s1. The van der Waals surface area contributed by atoms with Gasteiger partial charge in [-0.1, -0.05) is 18.7 Å². The molecular weight excluding hydrogens is 274 g/mol. The zero-order valence-corrected chi connectivity index (χ0v) is 12.6. The highest BCUT2D eigenvalue weighted by Crippen LogP contribution is 2.38. The maximum absolute atomic E-state index is 12.4. The minimum absolute atomic E-state index is 0.00958. The summed E-state index contributed by atoms with van der Waals surface area (Å²) in [6.07, 6.45) is 2.81. The first-order valence-electron chi connectivity index (χ1n) is 6.87. The molecule has 0 unspecified atom stereocenters. The molecule has 0 saturated heterocycles. The predicted molar refractivity (Wildman–Crippen MR) is 79.8 cm³/mol. The van der Waals surface area contributed by atoms with Gasteiger partial charge in [-0.05, 0) is 25.5 Å². The Morgan fingerprint density at radius 3 is 3.00 bits per heavy atom. The van der Waals surface area contributed by atoms with Crippen LogP contribution < -0.4 is 10.2 Å². The fourth-order valence-corrected chi connectivity index (χ4v) is 3.27. The van der Waals surface area contributed by atoms with Gasteiger partial charge in [-0.15, -0.1) is 0 Å². The molecule has 0 aliphatic carbocycles. The lowest BCUT2D eigenvalue weighted by atomic mass is 10.2. The van der Waals surface area contributed by atoms with Gasteiger partial charge in [0.1, 0.15) is 5.03 Å². The van der Waals surface area contributed by atoms with Crippen molar-refractivity contribution >= 4 is 29.3 Å². The Balaban J connectivity index is 2.13. The average Bonchev–Trinajstić information content (AvgIpc) is 2.46. The normalized spacial score (nSPS) is 17.8. The van der Waals surface area contributed by atoms with Crippen molar-refractivity contribution in [1.82, 2.24) is 10.3 Å². The number of carbonyl (C=O) groups excluding carboxylic acids is 2. The first-order valence-corrected chi connectivity index (χ1v) is 7.75. The third-order valence-corrected chi connectivity index (χ3v) is 4.29. The Morgan fingerprint density at radius 1 is 1.50 bits per heavy atom. The number of hydrogen-bond acceptors (Lipinski definition) is 4. The number of carbonyl (C=O) groups is 2. The first kappa shape index (κ1) is 14.8. The number of hydrogen-bond donors (Lipinski definition) is 1. The Morgan fingerprint density at radius 2 is 2.30 bits per heavy atom. The monoisotopic (exact) mass is 293 g/mol. The van der Waals surface area contributed by atoms with Crippen molar-refractivity contribution in [2.45, 2.75) is 37.0 Å². The molecule has 0 spiro atoms. The van der Waals surface area contributed by atoms with Crippen LogP contribution in [-0.4, -0.2) is 35.1 Å². The third kappa shape index (κ3) is 3.12. The molecule has 2 rings (SSSR count). The summed E-state index contributed by atoms with van der Waals surface area (Å²) < 4.78 is 0. The molecule has 1 aromatic rings. The lowest BCUT2D eigenvalue weighted by Crippen LogP contribution is -2.43. The van der Waals surface area contributed by atoms with Crippen molar-refractivity contribution < 1.29 is 9.59 Å². The summed E-state index contributed by atoms with van der Waals surface area (Å²) in [5, 5.41) is 3.25. The molecule has 108 valence electrons. The topological polar surface area (TPSA) is 62.3 Å². The quantitative estimate of drug-likeness (QED) is 0.899. The summed E-state index contributed by atoms with van der Waals surface area (Å²) in [7, 11) is 0. The fourth-order valence-electron chi connectivity index (χ4n) is 2.12. The lowest BCUT2D eigenvalue weighted by molar-refractivity contribution is -0.124. The first-order chi connectivity index (χ1) is 9.67. The van der Waals surface area contributed by atoms with Gasteiger partial charge in [-0.25, -0.2) is 4.98 Å². The molecule has 0 radical (unpaired) electrons. The van der Waals surface area contributed by atoms with Gasteiger partial charge in [-0.3, -0.25) is 9.59 Å². The van der Waals surface area contributed by atoms with E-state index in [4.69, 9.17) is 0 Å². The molecule has 1 aromatic heterocycles. The van der Waals surface area contributed by atoms with Crippen molar-refractivity contribution in [2.24, 2.45) is 0 Å². The van der Waals surface area contributed by atoms with E-state index in [-0.39, 0.29) is 23.5 Å². The van der Waals surface area contributed by atoms with Crippen LogP contribution in [0.15, 0.2) is 23.4 Å². The predicted octanol–water partition coefficient (Wildman–Crippen LogP) is 1.83. The molecule has 1 aliphatic heterocycles. The summed E-state index contributed by atoms with van der Waals surface area (Å²) in [5.74, 6) is -0.0854. The molecular formula is C14H19N3O2S. The van der Waals surface area contributed by atoms with E-state index >= 15 is 0 Å². The van der Waals surface area contributed by atoms with Gasteiger partial charge in [0.15, 0.2) is 0 Å². The van der Waals surface area contributed by atoms with Crippen molar-refractivity contribution in [1.29, 1.82) is 0 Å². The molecule has 20 heavy (non-hydrogen) atoms. The van der Waals surface area contributed by atoms with Gasteiger partial charge >= 0.3 is 0 Å². The second-order valence-corrected chi connectivity index (χ2v) is 5.76. The van der Waals surface area contributed by atoms with Crippen LogP contribution in [0.25, 0.3) is 0 Å². The van der Waals surface area contributed by atoms with E-state index in [1.807, 2.05) is 26.0 Å². The van der Waals surface area contributed by atoms with Gasteiger partial charge in [0.2, 0.25) is 11.8 Å². The number of fused-ring (bicyclic) bond motifs is 1. The number of anilines is 1. The number of pyridine rings is 1. The minimum atomic E-state index is -0.380. The van der Waals surface area contributed by atoms with E-state index in [9.17, 15) is 9.59 Å². The second-order valence-electron chi connectivity index (χ2n) is 4.57. The number of amides is 2. The van der Waals surface area contributed by atoms with E-state index in [2.05, 4.69) is 10.3 Å². The van der Waals surface area contributed by atoms with Crippen LogP contribution in [0.1, 0.15) is 26.7 Å². The Hall–Kier alpha value is -1.56. The van der Waals surface area contributed by atoms with Crippen LogP contribution in [0.3, 0.4) is 0 Å². The molecule has 0 bridgehead atoms. The fraction of sp³-hybridized carbons (Fsp3) is 0.500. The summed E-state index contributed by atoms with van der Waals surface area (Å²) >= 11 is 1.38. The second kappa shape index (κ2) is 6.74. The zero-order chi connectivity index (χ0) is 14.5. The molecule has 1 aliphatic rings. The van der Waals surface area contributed by atoms with Crippen molar-refractivity contribution in [2.75, 3.05) is 18.0 Å². The Bertz CT molecular complexity index is 507. The molecule has 2 amide bonds. The van der Waals surface area contributed by atoms with Crippen LogP contribution >= 0.6 is 11.8 Å². The van der Waals surface area contributed by atoms with Crippen LogP contribution in [0.2, 0.25) is 0 Å². The maximum Gasteiger partial charge on any atom is 0.241 e. The number of aromatic nitrogens is 1. The number of thioether (sulfide) groups is 1. The van der Waals surface area contributed by atoms with Crippen molar-refractivity contribution in [3.8, 4) is 0 Å². The molecule has 2 heterocycles. The van der Waals surface area contributed by atoms with Gasteiger partial charge in [0, 0.05) is 25.7 Å². The smallest absolute Gasteiger partial charge is 0.241 e. The largest absolute Gasteiger partial charge is 0.356 e. The van der Waals surface area contributed by atoms with E-state index in [0.29, 0.717) is 13.1 Å². The molecule has 0 saturated carbocycles. The van der Waals surface area contributed by atoms with Crippen molar-refractivity contribution in [3.63, 3.8) is 0 Å². The molecule has 5 nitrogen and oxygen atoms in total. The average molecular weight is 293 g/mol. The van der Waals surface area contributed by atoms with Crippen LogP contribution in [0.4, 0.5) is 5.69 Å². The molecule has 0 aromatic carbocycles. The summed E-state index contributed by atoms with van der Waals surface area (Å²) in [5.41, 5.74) is 0.843. The van der Waals surface area contributed by atoms with Crippen LogP contribution in [0, 0.1) is 0 Å². The number of nitrogens with one attached hydrogen (secondary N) is 1. The minimum Gasteiger partial charge on any atom is -0.356 e. The highest BCUT2D eigenvalue weighted by Gasteiger charge is 2.34. The van der Waals surface area contributed by atoms with E-state index in [1.165, 1.54) is 11.8 Å². The Kier molecular flexibility index (Phi) is 5.00. The maximum atomic E-state index is 12.4. The van der Waals surface area contributed by atoms with Crippen LogP contribution in [-0.2, 0) is 9.59 Å². The molecule has 1 N–H and O–H groups in total. The van der Waals surface area contributed by atoms with E-state index in [0.717, 1.165) is 17.1 Å². The van der Waals surface area contributed by atoms with E-state index in [1.54, 1.807) is 11.1 Å². The third-order valence-electron chi connectivity index (χ3n) is 3.10. The van der Waals surface area contributed by atoms with Gasteiger partial charge in [0.25, 0.3) is 0 Å². The van der Waals surface area contributed by atoms with Gasteiger partial charge < -0.3 is 10.2 Å². The Labute approximate surface area is 123 Å². The summed E-state index contributed by atoms with van der Waals surface area (Å²) in [6, 6.07) is 3.72. The van der Waals surface area contributed by atoms with Crippen molar-refractivity contribution in [3.05, 3.63) is 18.3 Å². The number of nitrogens with zero attached hydrogens (tertiary/aromatic N) is 2. The van der Waals surface area contributed by atoms with E-state index < -0.39 is 0 Å². The highest BCUT2D eigenvalue weighted by molar-refractivity contribution is 8.00. The number of rotatable bonds is 5. The molecule has 1 atom stereocenters. The lowest BCUT2D eigenvalue weighted by Gasteiger charge is -2.31. The zero-order valence-electron chi connectivity index (χ0n) is 11.8.